The summed E-state index contributed by atoms with van der Waals surface area (Å²) in [6.07, 6.45) is 12.0. The van der Waals surface area contributed by atoms with E-state index in [0.717, 1.165) is 32.4 Å². The van der Waals surface area contributed by atoms with Crippen molar-refractivity contribution in [1.29, 1.82) is 0 Å². The summed E-state index contributed by atoms with van der Waals surface area (Å²) in [5.74, 6) is 0.833. The third-order valence-electron chi connectivity index (χ3n) is 6.26. The number of likely N-dealkylation sites (tertiary alicyclic amines) is 1. The molecule has 4 heterocycles. The van der Waals surface area contributed by atoms with Crippen molar-refractivity contribution in [3.05, 3.63) is 58.2 Å². The Labute approximate surface area is 169 Å². The number of fused-ring (bicyclic) bond motifs is 3. The molecule has 1 fully saturated rings. The van der Waals surface area contributed by atoms with E-state index >= 15 is 0 Å². The molecule has 0 N–H and O–H groups in total. The molecule has 1 aliphatic heterocycles. The second-order valence-electron chi connectivity index (χ2n) is 8.00. The highest BCUT2D eigenvalue weighted by Crippen LogP contribution is 2.35. The molecule has 0 bridgehead atoms. The molecule has 4 nitrogen and oxygen atoms in total. The van der Waals surface area contributed by atoms with Gasteiger partial charge in [-0.2, -0.15) is 0 Å². The van der Waals surface area contributed by atoms with Crippen LogP contribution in [-0.4, -0.2) is 33.4 Å². The lowest BCUT2D eigenvalue weighted by atomic mass is 9.92. The molecule has 0 aromatic carbocycles. The van der Waals surface area contributed by atoms with E-state index in [1.54, 1.807) is 11.3 Å². The van der Waals surface area contributed by atoms with Crippen molar-refractivity contribution in [3.8, 4) is 0 Å². The number of nitrogens with zero attached hydrogens (tertiary/aromatic N) is 3. The van der Waals surface area contributed by atoms with Gasteiger partial charge in [-0.3, -0.25) is 9.78 Å². The molecule has 2 atom stereocenters. The summed E-state index contributed by atoms with van der Waals surface area (Å²) in [4.78, 5) is 20.9. The molecule has 5 rings (SSSR count). The first-order chi connectivity index (χ1) is 13.7. The van der Waals surface area contributed by atoms with Crippen molar-refractivity contribution in [1.82, 2.24) is 14.5 Å². The first-order valence-electron chi connectivity index (χ1n) is 10.2. The van der Waals surface area contributed by atoms with Gasteiger partial charge >= 0.3 is 0 Å². The van der Waals surface area contributed by atoms with Gasteiger partial charge in [0.05, 0.1) is 17.3 Å². The van der Waals surface area contributed by atoms with Crippen LogP contribution in [0.3, 0.4) is 0 Å². The van der Waals surface area contributed by atoms with Gasteiger partial charge in [0.2, 0.25) is 5.91 Å². The molecule has 3 aromatic rings. The van der Waals surface area contributed by atoms with E-state index in [2.05, 4.69) is 63.3 Å². The molecule has 3 aromatic heterocycles. The summed E-state index contributed by atoms with van der Waals surface area (Å²) >= 11 is 1.74. The van der Waals surface area contributed by atoms with E-state index < -0.39 is 0 Å². The molecule has 144 valence electrons. The SMILES string of the molecule is C[C@@H]1CCN(C(=O)CCc2cccs2)C[C@@H]1n1ccc2cnc3c(c21)C=CC3. The van der Waals surface area contributed by atoms with Crippen molar-refractivity contribution in [3.63, 3.8) is 0 Å². The Morgan fingerprint density at radius 3 is 3.14 bits per heavy atom. The van der Waals surface area contributed by atoms with E-state index in [1.165, 1.54) is 27.0 Å². The fraction of sp³-hybridized carbons (Fsp3) is 0.391. The van der Waals surface area contributed by atoms with Crippen LogP contribution in [0.4, 0.5) is 0 Å². The average Bonchev–Trinajstić information content (AvgIpc) is 3.45. The van der Waals surface area contributed by atoms with Crippen molar-refractivity contribution in [2.24, 2.45) is 5.92 Å². The zero-order valence-electron chi connectivity index (χ0n) is 16.2. The van der Waals surface area contributed by atoms with Gasteiger partial charge in [-0.1, -0.05) is 25.1 Å². The molecule has 2 aliphatic rings. The number of hydrogen-bond donors (Lipinski definition) is 0. The molecule has 1 amide bonds. The van der Waals surface area contributed by atoms with E-state index in [-0.39, 0.29) is 5.91 Å². The Balaban J connectivity index is 1.39. The Morgan fingerprint density at radius 2 is 2.29 bits per heavy atom. The van der Waals surface area contributed by atoms with Crippen LogP contribution in [0, 0.1) is 5.92 Å². The topological polar surface area (TPSA) is 38.1 Å². The highest BCUT2D eigenvalue weighted by atomic mass is 32.1. The minimum atomic E-state index is 0.286. The highest BCUT2D eigenvalue weighted by molar-refractivity contribution is 7.09. The van der Waals surface area contributed by atoms with Crippen LogP contribution in [0.15, 0.2) is 42.0 Å². The molecule has 1 saturated heterocycles. The Kier molecular flexibility index (Phi) is 4.55. The largest absolute Gasteiger partial charge is 0.342 e. The Bertz CT molecular complexity index is 1030. The quantitative estimate of drug-likeness (QED) is 0.646. The van der Waals surface area contributed by atoms with Crippen molar-refractivity contribution in [2.45, 2.75) is 38.6 Å². The number of aryl methyl sites for hydroxylation is 1. The first kappa shape index (κ1) is 17.7. The Morgan fingerprint density at radius 1 is 1.36 bits per heavy atom. The molecule has 1 aliphatic carbocycles. The third-order valence-corrected chi connectivity index (χ3v) is 7.20. The predicted molar refractivity (Wildman–Crippen MR) is 115 cm³/mol. The van der Waals surface area contributed by atoms with Crippen molar-refractivity contribution in [2.75, 3.05) is 13.1 Å². The standard InChI is InChI=1S/C23H25N3OS/c1-16-9-11-25(22(27)8-7-18-4-3-13-28-18)15-21(16)26-12-10-17-14-24-20-6-2-5-19(20)23(17)26/h2-5,10,12-14,16,21H,6-9,11,15H2,1H3/t16-,21+/m1/s1. The molecule has 0 saturated carbocycles. The van der Waals surface area contributed by atoms with Crippen LogP contribution in [-0.2, 0) is 17.6 Å². The number of thiophene rings is 1. The van der Waals surface area contributed by atoms with Gasteiger partial charge in [-0.15, -0.1) is 11.3 Å². The number of carbonyl (C=O) groups is 1. The maximum Gasteiger partial charge on any atom is 0.223 e. The lowest BCUT2D eigenvalue weighted by Crippen LogP contribution is -2.44. The van der Waals surface area contributed by atoms with E-state index in [4.69, 9.17) is 0 Å². The fourth-order valence-electron chi connectivity index (χ4n) is 4.60. The summed E-state index contributed by atoms with van der Waals surface area (Å²) < 4.78 is 2.41. The smallest absolute Gasteiger partial charge is 0.223 e. The van der Waals surface area contributed by atoms with Gasteiger partial charge in [0.25, 0.3) is 0 Å². The normalized spacial score (nSPS) is 21.4. The van der Waals surface area contributed by atoms with Crippen molar-refractivity contribution < 1.29 is 4.79 Å². The number of aromatic nitrogens is 2. The van der Waals surface area contributed by atoms with Crippen LogP contribution < -0.4 is 0 Å². The van der Waals surface area contributed by atoms with Gasteiger partial charge in [-0.05, 0) is 36.3 Å². The van der Waals surface area contributed by atoms with Crippen LogP contribution in [0.5, 0.6) is 0 Å². The van der Waals surface area contributed by atoms with Crippen LogP contribution >= 0.6 is 11.3 Å². The first-order valence-corrected chi connectivity index (χ1v) is 11.0. The molecular weight excluding hydrogens is 366 g/mol. The van der Waals surface area contributed by atoms with Gasteiger partial charge in [-0.25, -0.2) is 0 Å². The second kappa shape index (κ2) is 7.21. The number of hydrogen-bond acceptors (Lipinski definition) is 3. The average molecular weight is 392 g/mol. The minimum absolute atomic E-state index is 0.286. The fourth-order valence-corrected chi connectivity index (χ4v) is 5.31. The lowest BCUT2D eigenvalue weighted by Gasteiger charge is -2.38. The summed E-state index contributed by atoms with van der Waals surface area (Å²) in [6, 6.07) is 6.66. The van der Waals surface area contributed by atoms with Gasteiger partial charge < -0.3 is 9.47 Å². The maximum atomic E-state index is 12.9. The summed E-state index contributed by atoms with van der Waals surface area (Å²) in [5, 5.41) is 3.27. The van der Waals surface area contributed by atoms with Gasteiger partial charge in [0.15, 0.2) is 0 Å². The lowest BCUT2D eigenvalue weighted by molar-refractivity contribution is -0.133. The van der Waals surface area contributed by atoms with Gasteiger partial charge in [0, 0.05) is 54.2 Å². The second-order valence-corrected chi connectivity index (χ2v) is 9.04. The monoisotopic (exact) mass is 391 g/mol. The number of piperidine rings is 1. The van der Waals surface area contributed by atoms with E-state index in [9.17, 15) is 4.79 Å². The number of carbonyl (C=O) groups excluding carboxylic acids is 1. The Hall–Kier alpha value is -2.40. The molecule has 0 unspecified atom stereocenters. The molecule has 5 heteroatoms. The zero-order valence-corrected chi connectivity index (χ0v) is 17.0. The van der Waals surface area contributed by atoms with Crippen molar-refractivity contribution >= 4 is 34.2 Å². The number of pyridine rings is 1. The number of rotatable bonds is 4. The van der Waals surface area contributed by atoms with E-state index in [1.807, 2.05) is 6.20 Å². The maximum absolute atomic E-state index is 12.9. The summed E-state index contributed by atoms with van der Waals surface area (Å²) in [5.41, 5.74) is 3.71. The summed E-state index contributed by atoms with van der Waals surface area (Å²) in [7, 11) is 0. The predicted octanol–water partition coefficient (Wildman–Crippen LogP) is 4.71. The van der Waals surface area contributed by atoms with Crippen LogP contribution in [0.2, 0.25) is 0 Å². The third kappa shape index (κ3) is 3.08. The van der Waals surface area contributed by atoms with Crippen LogP contribution in [0.25, 0.3) is 17.0 Å². The molecular formula is C23H25N3OS. The number of allylic oxidation sites excluding steroid dienone is 1. The highest BCUT2D eigenvalue weighted by Gasteiger charge is 2.31. The molecule has 0 radical (unpaired) electrons. The summed E-state index contributed by atoms with van der Waals surface area (Å²) in [6.45, 7) is 4.00. The zero-order chi connectivity index (χ0) is 19.1. The minimum Gasteiger partial charge on any atom is -0.342 e. The molecule has 0 spiro atoms. The van der Waals surface area contributed by atoms with Gasteiger partial charge in [0.1, 0.15) is 0 Å². The van der Waals surface area contributed by atoms with E-state index in [0.29, 0.717) is 18.4 Å². The van der Waals surface area contributed by atoms with Crippen LogP contribution in [0.1, 0.15) is 41.9 Å². The molecule has 28 heavy (non-hydrogen) atoms. The number of amides is 1.